The summed E-state index contributed by atoms with van der Waals surface area (Å²) >= 11 is 3.68. The molecule has 0 bridgehead atoms. The highest BCUT2D eigenvalue weighted by molar-refractivity contribution is 7.18. The van der Waals surface area contributed by atoms with Gasteiger partial charge in [0.1, 0.15) is 0 Å². The summed E-state index contributed by atoms with van der Waals surface area (Å²) in [6.07, 6.45) is 0. The summed E-state index contributed by atoms with van der Waals surface area (Å²) in [4.78, 5) is 4.65. The van der Waals surface area contributed by atoms with Crippen molar-refractivity contribution >= 4 is 120 Å². The molecule has 2 aromatic heterocycles. The van der Waals surface area contributed by atoms with Gasteiger partial charge < -0.3 is 9.80 Å². The molecule has 2 nitrogen and oxygen atoms in total. The van der Waals surface area contributed by atoms with Crippen LogP contribution in [-0.2, 0) is 0 Å². The Morgan fingerprint density at radius 2 is 0.606 bits per heavy atom. The smallest absolute Gasteiger partial charge is 0.0462 e. The molecule has 0 aliphatic rings. The van der Waals surface area contributed by atoms with E-state index in [0.717, 1.165) is 34.1 Å². The first-order valence-electron chi connectivity index (χ1n) is 22.4. The van der Waals surface area contributed by atoms with Crippen LogP contribution in [0.2, 0.25) is 0 Å². The molecule has 0 saturated heterocycles. The number of thiophene rings is 2. The van der Waals surface area contributed by atoms with Crippen LogP contribution in [0.3, 0.4) is 0 Å². The third-order valence-electron chi connectivity index (χ3n) is 13.1. The van der Waals surface area contributed by atoms with Crippen LogP contribution in [-0.4, -0.2) is 0 Å². The Bertz CT molecular complexity index is 3560. The van der Waals surface area contributed by atoms with E-state index in [1.807, 2.05) is 22.7 Å². The Balaban J connectivity index is 1.00. The molecule has 310 valence electrons. The van der Waals surface area contributed by atoms with E-state index in [4.69, 9.17) is 0 Å². The Morgan fingerprint density at radius 3 is 0.970 bits per heavy atom. The fraction of sp³-hybridized carbons (Fsp3) is 0. The van der Waals surface area contributed by atoms with Gasteiger partial charge >= 0.3 is 0 Å². The fourth-order valence-corrected chi connectivity index (χ4v) is 12.0. The monoisotopic (exact) mass is 876 g/mol. The van der Waals surface area contributed by atoms with Crippen molar-refractivity contribution in [1.29, 1.82) is 0 Å². The first kappa shape index (κ1) is 38.4. The zero-order chi connectivity index (χ0) is 43.6. The van der Waals surface area contributed by atoms with Crippen molar-refractivity contribution in [2.45, 2.75) is 0 Å². The molecule has 0 N–H and O–H groups in total. The van der Waals surface area contributed by atoms with Crippen molar-refractivity contribution in [2.24, 2.45) is 0 Å². The summed E-state index contributed by atoms with van der Waals surface area (Å²) in [5, 5.41) is 17.3. The summed E-state index contributed by atoms with van der Waals surface area (Å²) < 4.78 is 2.66. The minimum Gasteiger partial charge on any atom is -0.311 e. The zero-order valence-corrected chi connectivity index (χ0v) is 37.4. The molecule has 4 heteroatoms. The minimum atomic E-state index is 1.12. The van der Waals surface area contributed by atoms with Gasteiger partial charge in [0, 0.05) is 54.3 Å². The van der Waals surface area contributed by atoms with Gasteiger partial charge in [-0.15, -0.1) is 22.7 Å². The summed E-state index contributed by atoms with van der Waals surface area (Å²) in [6, 6.07) is 84.4. The largest absolute Gasteiger partial charge is 0.311 e. The highest BCUT2D eigenvalue weighted by Gasteiger charge is 2.19. The Morgan fingerprint density at radius 1 is 0.258 bits per heavy atom. The third kappa shape index (κ3) is 6.45. The molecule has 0 fully saturated rings. The molecule has 13 rings (SSSR count). The van der Waals surface area contributed by atoms with Crippen LogP contribution in [0.25, 0.3) is 85.5 Å². The number of rotatable bonds is 8. The standard InChI is InChI=1S/C62H40N2S2/c1-5-13-47(14-6-1)63(48-15-7-2-8-16-48)51-27-21-41(22-28-51)55-38-45-37-46-39-56(42-23-29-52(30-24-42)64(49-17-9-3-10-18-49)50-19-11-4-12-20-50)54-32-26-44-34-36-66-62(44)60(54)58(46)40-57(45)59-53(55)31-25-43-33-35-65-61(43)59/h1-40H. The van der Waals surface area contributed by atoms with Crippen molar-refractivity contribution in [1.82, 2.24) is 0 Å². The SMILES string of the molecule is c1ccc(N(c2ccccc2)c2ccc(-c3cc4cc5cc(-c6ccc(N(c7ccccc7)c7ccccc7)cc6)c6ccc7ccsc7c6c5cc4c4c3ccc3ccsc34)cc2)cc1. The maximum atomic E-state index is 2.50. The van der Waals surface area contributed by atoms with Crippen LogP contribution < -0.4 is 9.80 Å². The van der Waals surface area contributed by atoms with Gasteiger partial charge in [0.2, 0.25) is 0 Å². The topological polar surface area (TPSA) is 6.48 Å². The first-order valence-corrected chi connectivity index (χ1v) is 24.1. The number of anilines is 6. The maximum absolute atomic E-state index is 2.50. The molecule has 0 aliphatic heterocycles. The molecule has 0 radical (unpaired) electrons. The van der Waals surface area contributed by atoms with E-state index in [1.54, 1.807) is 0 Å². The van der Waals surface area contributed by atoms with Crippen molar-refractivity contribution in [2.75, 3.05) is 9.80 Å². The third-order valence-corrected chi connectivity index (χ3v) is 15.0. The molecule has 0 spiro atoms. The van der Waals surface area contributed by atoms with Gasteiger partial charge in [-0.05, 0) is 185 Å². The second-order valence-corrected chi connectivity index (χ2v) is 18.7. The van der Waals surface area contributed by atoms with Gasteiger partial charge in [0.15, 0.2) is 0 Å². The summed E-state index contributed by atoms with van der Waals surface area (Å²) in [7, 11) is 0. The molecule has 0 unspecified atom stereocenters. The van der Waals surface area contributed by atoms with E-state index in [-0.39, 0.29) is 0 Å². The maximum Gasteiger partial charge on any atom is 0.0462 e. The number of para-hydroxylation sites is 4. The molecular formula is C62H40N2S2. The van der Waals surface area contributed by atoms with E-state index in [0.29, 0.717) is 0 Å². The first-order chi connectivity index (χ1) is 32.7. The van der Waals surface area contributed by atoms with Crippen molar-refractivity contribution in [3.05, 3.63) is 241 Å². The number of fused-ring (bicyclic) bond motifs is 10. The van der Waals surface area contributed by atoms with E-state index in [1.165, 1.54) is 85.5 Å². The van der Waals surface area contributed by atoms with Crippen LogP contribution in [0.1, 0.15) is 0 Å². The normalized spacial score (nSPS) is 11.6. The number of hydrogen-bond donors (Lipinski definition) is 0. The average Bonchev–Trinajstić information content (AvgIpc) is 4.08. The molecule has 0 atom stereocenters. The molecule has 11 aromatic carbocycles. The summed E-state index contributed by atoms with van der Waals surface area (Å²) in [6.45, 7) is 0. The number of benzene rings is 11. The molecule has 66 heavy (non-hydrogen) atoms. The van der Waals surface area contributed by atoms with Gasteiger partial charge in [-0.3, -0.25) is 0 Å². The average molecular weight is 877 g/mol. The summed E-state index contributed by atoms with van der Waals surface area (Å²) in [5.41, 5.74) is 11.6. The minimum absolute atomic E-state index is 1.12. The Kier molecular flexibility index (Phi) is 9.26. The van der Waals surface area contributed by atoms with E-state index in [2.05, 4.69) is 251 Å². The van der Waals surface area contributed by atoms with Gasteiger partial charge in [0.25, 0.3) is 0 Å². The highest BCUT2D eigenvalue weighted by atomic mass is 32.1. The van der Waals surface area contributed by atoms with Gasteiger partial charge in [0.05, 0.1) is 0 Å². The van der Waals surface area contributed by atoms with Crippen LogP contribution >= 0.6 is 22.7 Å². The molecule has 13 aromatic rings. The second-order valence-electron chi connectivity index (χ2n) is 16.9. The molecular weight excluding hydrogens is 837 g/mol. The lowest BCUT2D eigenvalue weighted by Gasteiger charge is -2.25. The van der Waals surface area contributed by atoms with Gasteiger partial charge in [-0.25, -0.2) is 0 Å². The van der Waals surface area contributed by atoms with E-state index >= 15 is 0 Å². The van der Waals surface area contributed by atoms with Crippen molar-refractivity contribution < 1.29 is 0 Å². The summed E-state index contributed by atoms with van der Waals surface area (Å²) in [5.74, 6) is 0. The fourth-order valence-electron chi connectivity index (χ4n) is 10.1. The molecule has 0 aliphatic carbocycles. The zero-order valence-electron chi connectivity index (χ0n) is 35.8. The quantitative estimate of drug-likeness (QED) is 0.111. The van der Waals surface area contributed by atoms with Crippen molar-refractivity contribution in [3.63, 3.8) is 0 Å². The lowest BCUT2D eigenvalue weighted by atomic mass is 9.88. The van der Waals surface area contributed by atoms with Crippen LogP contribution in [0, 0.1) is 0 Å². The lowest BCUT2D eigenvalue weighted by molar-refractivity contribution is 1.28. The number of nitrogens with zero attached hydrogens (tertiary/aromatic N) is 2. The van der Waals surface area contributed by atoms with Crippen molar-refractivity contribution in [3.8, 4) is 22.3 Å². The lowest BCUT2D eigenvalue weighted by Crippen LogP contribution is -2.09. The van der Waals surface area contributed by atoms with Crippen LogP contribution in [0.4, 0.5) is 34.1 Å². The van der Waals surface area contributed by atoms with E-state index < -0.39 is 0 Å². The predicted molar refractivity (Wildman–Crippen MR) is 287 cm³/mol. The second kappa shape index (κ2) is 15.9. The van der Waals surface area contributed by atoms with Gasteiger partial charge in [-0.2, -0.15) is 0 Å². The van der Waals surface area contributed by atoms with E-state index in [9.17, 15) is 0 Å². The molecule has 0 saturated carbocycles. The molecule has 0 amide bonds. The van der Waals surface area contributed by atoms with Crippen LogP contribution in [0.15, 0.2) is 241 Å². The molecule has 2 heterocycles. The Labute approximate surface area is 391 Å². The Hall–Kier alpha value is -8.02. The highest BCUT2D eigenvalue weighted by Crippen LogP contribution is 2.47. The predicted octanol–water partition coefficient (Wildman–Crippen LogP) is 19.0. The van der Waals surface area contributed by atoms with Gasteiger partial charge in [-0.1, -0.05) is 121 Å². The van der Waals surface area contributed by atoms with Crippen LogP contribution in [0.5, 0.6) is 0 Å². The number of hydrogen-bond acceptors (Lipinski definition) is 4.